The summed E-state index contributed by atoms with van der Waals surface area (Å²) in [6, 6.07) is 11.0. The van der Waals surface area contributed by atoms with Crippen LogP contribution >= 0.6 is 0 Å². The first kappa shape index (κ1) is 13.9. The maximum atomic E-state index is 11.3. The van der Waals surface area contributed by atoms with E-state index in [1.54, 1.807) is 17.5 Å². The molecule has 0 atom stereocenters. The molecule has 3 rings (SSSR count). The number of pyridine rings is 1. The molecule has 0 aliphatic heterocycles. The Hall–Kier alpha value is -3.09. The van der Waals surface area contributed by atoms with Crippen molar-refractivity contribution in [2.75, 3.05) is 19.4 Å². The van der Waals surface area contributed by atoms with Crippen LogP contribution in [0.25, 0.3) is 17.0 Å². The number of carbonyl (C=O) groups is 1. The number of nitrogen functional groups attached to an aromatic ring is 1. The molecule has 22 heavy (non-hydrogen) atoms. The minimum Gasteiger partial charge on any atom is -0.480 e. The summed E-state index contributed by atoms with van der Waals surface area (Å²) in [7, 11) is 1.56. The van der Waals surface area contributed by atoms with Crippen LogP contribution in [-0.2, 0) is 4.79 Å². The summed E-state index contributed by atoms with van der Waals surface area (Å²) in [5.74, 6) is 0.944. The molecule has 0 bridgehead atoms. The lowest BCUT2D eigenvalue weighted by molar-refractivity contribution is -0.122. The van der Waals surface area contributed by atoms with E-state index in [-0.39, 0.29) is 12.5 Å². The van der Waals surface area contributed by atoms with Crippen LogP contribution in [0.15, 0.2) is 42.6 Å². The van der Waals surface area contributed by atoms with Crippen LogP contribution in [0.5, 0.6) is 5.75 Å². The van der Waals surface area contributed by atoms with Crippen LogP contribution in [0.4, 0.5) is 5.69 Å². The van der Waals surface area contributed by atoms with E-state index in [0.29, 0.717) is 22.9 Å². The molecule has 7 nitrogen and oxygen atoms in total. The second kappa shape index (κ2) is 5.72. The zero-order valence-corrected chi connectivity index (χ0v) is 12.0. The Morgan fingerprint density at radius 3 is 2.95 bits per heavy atom. The van der Waals surface area contributed by atoms with Gasteiger partial charge in [-0.3, -0.25) is 9.20 Å². The van der Waals surface area contributed by atoms with Gasteiger partial charge in [-0.15, -0.1) is 10.2 Å². The van der Waals surface area contributed by atoms with E-state index < -0.39 is 0 Å². The Kier molecular flexibility index (Phi) is 3.61. The smallest absolute Gasteiger partial charge is 0.257 e. The van der Waals surface area contributed by atoms with Crippen molar-refractivity contribution in [2.45, 2.75) is 0 Å². The first-order valence-electron chi connectivity index (χ1n) is 6.72. The Balaban J connectivity index is 2.00. The average molecular weight is 297 g/mol. The number of rotatable bonds is 4. The number of likely N-dealkylation sites (N-methyl/N-ethyl adjacent to an activating group) is 1. The normalized spacial score (nSPS) is 10.6. The van der Waals surface area contributed by atoms with Crippen LogP contribution in [0.2, 0.25) is 0 Å². The fourth-order valence-corrected chi connectivity index (χ4v) is 2.09. The number of hydrogen-bond donors (Lipinski definition) is 2. The van der Waals surface area contributed by atoms with E-state index in [2.05, 4.69) is 15.5 Å². The van der Waals surface area contributed by atoms with Crippen molar-refractivity contribution in [1.29, 1.82) is 0 Å². The van der Waals surface area contributed by atoms with E-state index >= 15 is 0 Å². The van der Waals surface area contributed by atoms with Gasteiger partial charge in [-0.1, -0.05) is 12.1 Å². The zero-order valence-electron chi connectivity index (χ0n) is 12.0. The molecule has 0 fully saturated rings. The van der Waals surface area contributed by atoms with Crippen molar-refractivity contribution >= 4 is 17.2 Å². The predicted octanol–water partition coefficient (Wildman–Crippen LogP) is 1.10. The maximum Gasteiger partial charge on any atom is 0.257 e. The number of nitrogens with two attached hydrogens (primary N) is 1. The second-order valence-corrected chi connectivity index (χ2v) is 4.68. The lowest BCUT2D eigenvalue weighted by Crippen LogP contribution is -2.24. The number of hydrogen-bond acceptors (Lipinski definition) is 5. The number of benzene rings is 1. The zero-order chi connectivity index (χ0) is 15.5. The molecule has 0 spiro atoms. The van der Waals surface area contributed by atoms with Crippen LogP contribution in [0.1, 0.15) is 0 Å². The number of amides is 1. The fraction of sp³-hybridized carbons (Fsp3) is 0.133. The molecule has 0 saturated heterocycles. The summed E-state index contributed by atoms with van der Waals surface area (Å²) in [5, 5.41) is 10.8. The van der Waals surface area contributed by atoms with Crippen molar-refractivity contribution in [1.82, 2.24) is 19.9 Å². The summed E-state index contributed by atoms with van der Waals surface area (Å²) in [5.41, 5.74) is 7.86. The third-order valence-corrected chi connectivity index (χ3v) is 3.18. The van der Waals surface area contributed by atoms with Crippen LogP contribution < -0.4 is 15.8 Å². The van der Waals surface area contributed by atoms with Gasteiger partial charge >= 0.3 is 0 Å². The van der Waals surface area contributed by atoms with Gasteiger partial charge in [-0.2, -0.15) is 0 Å². The lowest BCUT2D eigenvalue weighted by atomic mass is 10.2. The number of fused-ring (bicyclic) bond motifs is 1. The molecular weight excluding hydrogens is 282 g/mol. The van der Waals surface area contributed by atoms with E-state index in [0.717, 1.165) is 5.56 Å². The van der Waals surface area contributed by atoms with Crippen LogP contribution in [-0.4, -0.2) is 34.2 Å². The Morgan fingerprint density at radius 1 is 1.32 bits per heavy atom. The summed E-state index contributed by atoms with van der Waals surface area (Å²) < 4.78 is 7.28. The minimum absolute atomic E-state index is 0.0728. The van der Waals surface area contributed by atoms with Gasteiger partial charge < -0.3 is 15.8 Å². The first-order valence-corrected chi connectivity index (χ1v) is 6.72. The minimum atomic E-state index is -0.211. The predicted molar refractivity (Wildman–Crippen MR) is 82.4 cm³/mol. The number of aromatic nitrogens is 3. The van der Waals surface area contributed by atoms with Gasteiger partial charge in [0.2, 0.25) is 5.65 Å². The molecule has 3 N–H and O–H groups in total. The van der Waals surface area contributed by atoms with Crippen molar-refractivity contribution in [3.05, 3.63) is 42.6 Å². The van der Waals surface area contributed by atoms with Gasteiger partial charge in [-0.05, 0) is 24.3 Å². The molecule has 0 radical (unpaired) electrons. The second-order valence-electron chi connectivity index (χ2n) is 4.68. The number of carbonyl (C=O) groups excluding carboxylic acids is 1. The monoisotopic (exact) mass is 297 g/mol. The van der Waals surface area contributed by atoms with Gasteiger partial charge in [-0.25, -0.2) is 0 Å². The quantitative estimate of drug-likeness (QED) is 0.703. The first-order chi connectivity index (χ1) is 10.7. The SMILES string of the molecule is CNC(=O)COc1cccn2c(-c3cccc(N)c3)nnc12. The van der Waals surface area contributed by atoms with Gasteiger partial charge in [0.25, 0.3) is 5.91 Å². The summed E-state index contributed by atoms with van der Waals surface area (Å²) in [6.07, 6.45) is 1.83. The lowest BCUT2D eigenvalue weighted by Gasteiger charge is -2.06. The molecule has 1 aromatic carbocycles. The van der Waals surface area contributed by atoms with Crippen LogP contribution in [0.3, 0.4) is 0 Å². The number of anilines is 1. The number of nitrogens with one attached hydrogen (secondary N) is 1. The molecule has 2 aromatic heterocycles. The Labute approximate surface area is 126 Å². The molecule has 0 unspecified atom stereocenters. The van der Waals surface area contributed by atoms with Crippen LogP contribution in [0, 0.1) is 0 Å². The van der Waals surface area contributed by atoms with Gasteiger partial charge in [0.1, 0.15) is 0 Å². The topological polar surface area (TPSA) is 94.5 Å². The van der Waals surface area contributed by atoms with Crippen molar-refractivity contribution in [3.63, 3.8) is 0 Å². The largest absolute Gasteiger partial charge is 0.480 e. The highest BCUT2D eigenvalue weighted by molar-refractivity contribution is 5.77. The Morgan fingerprint density at radius 2 is 2.18 bits per heavy atom. The Bertz CT molecular complexity index is 828. The van der Waals surface area contributed by atoms with Crippen molar-refractivity contribution in [2.24, 2.45) is 0 Å². The molecule has 3 aromatic rings. The summed E-state index contributed by atoms with van der Waals surface area (Å²) in [6.45, 7) is -0.0728. The summed E-state index contributed by atoms with van der Waals surface area (Å²) >= 11 is 0. The van der Waals surface area contributed by atoms with Gasteiger partial charge in [0, 0.05) is 24.5 Å². The molecule has 112 valence electrons. The fourth-order valence-electron chi connectivity index (χ4n) is 2.09. The van der Waals surface area contributed by atoms with Gasteiger partial charge in [0.05, 0.1) is 0 Å². The summed E-state index contributed by atoms with van der Waals surface area (Å²) in [4.78, 5) is 11.3. The highest BCUT2D eigenvalue weighted by Crippen LogP contribution is 2.24. The third kappa shape index (κ3) is 2.56. The number of nitrogens with zero attached hydrogens (tertiary/aromatic N) is 3. The van der Waals surface area contributed by atoms with Crippen molar-refractivity contribution in [3.8, 4) is 17.1 Å². The third-order valence-electron chi connectivity index (χ3n) is 3.18. The van der Waals surface area contributed by atoms with E-state index in [9.17, 15) is 4.79 Å². The van der Waals surface area contributed by atoms with Gasteiger partial charge in [0.15, 0.2) is 18.2 Å². The molecule has 7 heteroatoms. The molecule has 1 amide bonds. The van der Waals surface area contributed by atoms with E-state index in [1.165, 1.54) is 0 Å². The average Bonchev–Trinajstić information content (AvgIpc) is 2.97. The molecule has 0 aliphatic carbocycles. The standard InChI is InChI=1S/C15H15N5O2/c1-17-13(21)9-22-12-6-3-7-20-14(18-19-15(12)20)10-4-2-5-11(16)8-10/h2-8H,9,16H2,1H3,(H,17,21). The van der Waals surface area contributed by atoms with Crippen molar-refractivity contribution < 1.29 is 9.53 Å². The van der Waals surface area contributed by atoms with E-state index in [4.69, 9.17) is 10.5 Å². The highest BCUT2D eigenvalue weighted by atomic mass is 16.5. The molecule has 0 aliphatic rings. The highest BCUT2D eigenvalue weighted by Gasteiger charge is 2.12. The molecular formula is C15H15N5O2. The molecule has 2 heterocycles. The molecule has 0 saturated carbocycles. The van der Waals surface area contributed by atoms with E-state index in [1.807, 2.05) is 36.5 Å². The maximum absolute atomic E-state index is 11.3. The number of ether oxygens (including phenoxy) is 1.